The molecule has 0 saturated carbocycles. The Kier molecular flexibility index (Phi) is 6.33. The summed E-state index contributed by atoms with van der Waals surface area (Å²) in [5, 5.41) is 20.1. The largest absolute Gasteiger partial charge is 0.504 e. The number of phenolic OH excluding ortho intramolecular Hbond substituents is 1. The van der Waals surface area contributed by atoms with Crippen LogP contribution in [-0.4, -0.2) is 28.6 Å². The van der Waals surface area contributed by atoms with Crippen LogP contribution in [0.3, 0.4) is 0 Å². The molecule has 0 spiro atoms. The average molecular weight is 406 g/mol. The monoisotopic (exact) mass is 405 g/mol. The number of aliphatic hydroxyl groups is 1. The molecule has 0 aliphatic rings. The number of aliphatic imine (C=N–C) groups is 1. The van der Waals surface area contributed by atoms with E-state index in [0.29, 0.717) is 15.6 Å². The van der Waals surface area contributed by atoms with E-state index in [-0.39, 0.29) is 17.4 Å². The van der Waals surface area contributed by atoms with Gasteiger partial charge in [-0.2, -0.15) is 0 Å². The number of nitrogens with zero attached hydrogens (tertiary/aromatic N) is 1. The molecule has 0 aromatic heterocycles. The van der Waals surface area contributed by atoms with E-state index in [1.165, 1.54) is 12.3 Å². The van der Waals surface area contributed by atoms with E-state index in [1.807, 2.05) is 32.9 Å². The second kappa shape index (κ2) is 8.27. The fourth-order valence-electron chi connectivity index (χ4n) is 1.95. The zero-order valence-corrected chi connectivity index (χ0v) is 15.8. The Hall–Kier alpha value is -2.18. The number of carbonyl (C=O) groups is 1. The number of phenols is 1. The zero-order valence-electron chi connectivity index (χ0n) is 14.2. The van der Waals surface area contributed by atoms with Crippen molar-refractivity contribution in [3.8, 4) is 11.5 Å². The predicted octanol–water partition coefficient (Wildman–Crippen LogP) is 4.08. The molecule has 0 saturated heterocycles. The number of esters is 1. The maximum absolute atomic E-state index is 12.2. The van der Waals surface area contributed by atoms with Crippen molar-refractivity contribution >= 4 is 28.1 Å². The van der Waals surface area contributed by atoms with Gasteiger partial charge in [-0.15, -0.1) is 0 Å². The highest BCUT2D eigenvalue weighted by Crippen LogP contribution is 2.33. The van der Waals surface area contributed by atoms with Gasteiger partial charge in [0.15, 0.2) is 11.5 Å². The number of carbonyl (C=O) groups excluding carboxylic acids is 1. The van der Waals surface area contributed by atoms with Crippen LogP contribution in [0.15, 0.2) is 45.9 Å². The summed E-state index contributed by atoms with van der Waals surface area (Å²) in [7, 11) is 0. The van der Waals surface area contributed by atoms with Crippen LogP contribution in [0.25, 0.3) is 0 Å². The van der Waals surface area contributed by atoms with E-state index >= 15 is 0 Å². The number of aromatic hydroxyl groups is 1. The Bertz CT molecular complexity index is 785. The Balaban J connectivity index is 2.26. The molecule has 1 atom stereocenters. The lowest BCUT2D eigenvalue weighted by Crippen LogP contribution is -2.11. The average Bonchev–Trinajstić information content (AvgIpc) is 2.56. The molecule has 0 heterocycles. The molecule has 0 amide bonds. The van der Waals surface area contributed by atoms with Crippen molar-refractivity contribution in [1.29, 1.82) is 0 Å². The van der Waals surface area contributed by atoms with Crippen molar-refractivity contribution in [2.24, 2.45) is 10.9 Å². The van der Waals surface area contributed by atoms with Crippen LogP contribution in [0, 0.1) is 12.8 Å². The van der Waals surface area contributed by atoms with E-state index in [1.54, 1.807) is 18.2 Å². The molecule has 0 bridgehead atoms. The molecule has 5 nitrogen and oxygen atoms in total. The normalized spacial score (nSPS) is 12.6. The van der Waals surface area contributed by atoms with Crippen LogP contribution in [0.1, 0.15) is 35.3 Å². The molecule has 0 fully saturated rings. The molecule has 0 aliphatic heterocycles. The van der Waals surface area contributed by atoms with Crippen molar-refractivity contribution in [2.45, 2.75) is 27.0 Å². The molecular weight excluding hydrogens is 386 g/mol. The van der Waals surface area contributed by atoms with Crippen molar-refractivity contribution in [3.63, 3.8) is 0 Å². The molecule has 6 heteroatoms. The number of hydrogen-bond acceptors (Lipinski definition) is 5. The topological polar surface area (TPSA) is 79.1 Å². The minimum Gasteiger partial charge on any atom is -0.504 e. The first-order valence-electron chi connectivity index (χ1n) is 7.80. The highest BCUT2D eigenvalue weighted by Gasteiger charge is 2.15. The number of ether oxygens (including phenoxy) is 1. The Labute approximate surface area is 155 Å². The van der Waals surface area contributed by atoms with E-state index in [0.717, 1.165) is 5.56 Å². The SMILES string of the molecule is Cc1ccc(C(=O)Oc2cc(Br)cc(C=NC(O)C(C)C)c2O)cc1. The number of benzene rings is 2. The molecule has 1 unspecified atom stereocenters. The first-order valence-corrected chi connectivity index (χ1v) is 8.60. The van der Waals surface area contributed by atoms with Crippen LogP contribution in [0.2, 0.25) is 0 Å². The van der Waals surface area contributed by atoms with Crippen LogP contribution in [0.5, 0.6) is 11.5 Å². The first-order chi connectivity index (χ1) is 11.8. The Morgan fingerprint density at radius 3 is 2.48 bits per heavy atom. The van der Waals surface area contributed by atoms with Crippen molar-refractivity contribution < 1.29 is 19.7 Å². The summed E-state index contributed by atoms with van der Waals surface area (Å²) in [5.41, 5.74) is 1.75. The number of rotatable bonds is 5. The molecule has 25 heavy (non-hydrogen) atoms. The Morgan fingerprint density at radius 1 is 1.24 bits per heavy atom. The van der Waals surface area contributed by atoms with Crippen LogP contribution in [-0.2, 0) is 0 Å². The first kappa shape index (κ1) is 19.1. The van der Waals surface area contributed by atoms with Gasteiger partial charge in [0, 0.05) is 16.3 Å². The molecular formula is C19H20BrNO4. The van der Waals surface area contributed by atoms with E-state index in [4.69, 9.17) is 4.74 Å². The summed E-state index contributed by atoms with van der Waals surface area (Å²) in [6.45, 7) is 5.58. The quantitative estimate of drug-likeness (QED) is 0.446. The Morgan fingerprint density at radius 2 is 1.88 bits per heavy atom. The minimum absolute atomic E-state index is 0.0143. The summed E-state index contributed by atoms with van der Waals surface area (Å²) in [6, 6.07) is 10.1. The molecule has 2 N–H and O–H groups in total. The summed E-state index contributed by atoms with van der Waals surface area (Å²) >= 11 is 3.31. The summed E-state index contributed by atoms with van der Waals surface area (Å²) < 4.78 is 5.91. The van der Waals surface area contributed by atoms with Gasteiger partial charge in [-0.05, 0) is 37.1 Å². The third kappa shape index (κ3) is 5.14. The molecule has 0 aliphatic carbocycles. The van der Waals surface area contributed by atoms with Gasteiger partial charge in [0.2, 0.25) is 0 Å². The number of aliphatic hydroxyl groups excluding tert-OH is 1. The van der Waals surface area contributed by atoms with Gasteiger partial charge >= 0.3 is 5.97 Å². The maximum atomic E-state index is 12.2. The van der Waals surface area contributed by atoms with Crippen molar-refractivity contribution in [2.75, 3.05) is 0 Å². The number of aryl methyl sites for hydroxylation is 1. The summed E-state index contributed by atoms with van der Waals surface area (Å²) in [4.78, 5) is 16.2. The smallest absolute Gasteiger partial charge is 0.343 e. The fraction of sp³-hybridized carbons (Fsp3) is 0.263. The fourth-order valence-corrected chi connectivity index (χ4v) is 2.40. The van der Waals surface area contributed by atoms with Gasteiger partial charge in [0.1, 0.15) is 6.23 Å². The van der Waals surface area contributed by atoms with Crippen molar-refractivity contribution in [3.05, 3.63) is 57.6 Å². The lowest BCUT2D eigenvalue weighted by molar-refractivity contribution is 0.0729. The van der Waals surface area contributed by atoms with Gasteiger partial charge in [-0.25, -0.2) is 4.79 Å². The van der Waals surface area contributed by atoms with E-state index in [2.05, 4.69) is 20.9 Å². The van der Waals surface area contributed by atoms with Crippen LogP contribution < -0.4 is 4.74 Å². The molecule has 132 valence electrons. The van der Waals surface area contributed by atoms with Gasteiger partial charge in [-0.3, -0.25) is 4.99 Å². The second-order valence-electron chi connectivity index (χ2n) is 6.03. The van der Waals surface area contributed by atoms with E-state index in [9.17, 15) is 15.0 Å². The molecule has 2 aromatic carbocycles. The third-order valence-electron chi connectivity index (χ3n) is 3.52. The van der Waals surface area contributed by atoms with Crippen molar-refractivity contribution in [1.82, 2.24) is 0 Å². The van der Waals surface area contributed by atoms with E-state index < -0.39 is 12.2 Å². The van der Waals surface area contributed by atoms with Gasteiger partial charge in [-0.1, -0.05) is 47.5 Å². The third-order valence-corrected chi connectivity index (χ3v) is 3.98. The highest BCUT2D eigenvalue weighted by atomic mass is 79.9. The standard InChI is InChI=1S/C19H20BrNO4/c1-11(2)18(23)21-10-14-8-15(20)9-16(17(14)22)25-19(24)13-6-4-12(3)5-7-13/h4-11,18,22-23H,1-3H3. The van der Waals surface area contributed by atoms with Crippen LogP contribution >= 0.6 is 15.9 Å². The zero-order chi connectivity index (χ0) is 18.6. The second-order valence-corrected chi connectivity index (χ2v) is 6.95. The van der Waals surface area contributed by atoms with Crippen LogP contribution in [0.4, 0.5) is 0 Å². The molecule has 2 aromatic rings. The highest BCUT2D eigenvalue weighted by molar-refractivity contribution is 9.10. The minimum atomic E-state index is -0.878. The summed E-state index contributed by atoms with van der Waals surface area (Å²) in [6.07, 6.45) is 0.477. The lowest BCUT2D eigenvalue weighted by atomic mass is 10.1. The van der Waals surface area contributed by atoms with Gasteiger partial charge in [0.05, 0.1) is 5.56 Å². The number of hydrogen-bond donors (Lipinski definition) is 2. The maximum Gasteiger partial charge on any atom is 0.343 e. The molecule has 2 rings (SSSR count). The predicted molar refractivity (Wildman–Crippen MR) is 100 cm³/mol. The molecule has 0 radical (unpaired) electrons. The summed E-state index contributed by atoms with van der Waals surface area (Å²) in [5.74, 6) is -0.827. The number of halogens is 1. The lowest BCUT2D eigenvalue weighted by Gasteiger charge is -2.11. The van der Waals surface area contributed by atoms with Gasteiger partial charge in [0.25, 0.3) is 0 Å². The van der Waals surface area contributed by atoms with Gasteiger partial charge < -0.3 is 14.9 Å².